The van der Waals surface area contributed by atoms with Crippen molar-refractivity contribution in [3.05, 3.63) is 44.5 Å². The van der Waals surface area contributed by atoms with E-state index in [9.17, 15) is 5.11 Å². The molecule has 144 valence electrons. The number of nitrogens with zero attached hydrogens (tertiary/aromatic N) is 5. The normalized spacial score (nSPS) is 17.6. The Hall–Kier alpha value is -1.38. The van der Waals surface area contributed by atoms with E-state index in [2.05, 4.69) is 26.9 Å². The highest BCUT2D eigenvalue weighted by Gasteiger charge is 2.31. The second kappa shape index (κ2) is 7.56. The first kappa shape index (κ1) is 19.0. The SMILES string of the molecule is CCc1nc2sc([C@@H](c3ccc(Cl)c(Cl)c3)N3CCN(C)CC3)c(O)n2n1. The molecule has 0 amide bonds. The number of aryl methyl sites for hydroxylation is 1. The topological polar surface area (TPSA) is 56.9 Å². The van der Waals surface area contributed by atoms with Crippen LogP contribution in [0.1, 0.15) is 29.2 Å². The third kappa shape index (κ3) is 3.54. The summed E-state index contributed by atoms with van der Waals surface area (Å²) < 4.78 is 1.54. The molecule has 6 nitrogen and oxygen atoms in total. The second-order valence-corrected chi connectivity index (χ2v) is 8.60. The highest BCUT2D eigenvalue weighted by molar-refractivity contribution is 7.17. The summed E-state index contributed by atoms with van der Waals surface area (Å²) in [5.41, 5.74) is 1.00. The molecule has 0 aliphatic carbocycles. The zero-order chi connectivity index (χ0) is 19.1. The van der Waals surface area contributed by atoms with Crippen LogP contribution in [0.2, 0.25) is 10.0 Å². The van der Waals surface area contributed by atoms with Gasteiger partial charge in [0.15, 0.2) is 5.82 Å². The molecule has 4 rings (SSSR count). The lowest BCUT2D eigenvalue weighted by atomic mass is 10.0. The number of piperazine rings is 1. The van der Waals surface area contributed by atoms with Gasteiger partial charge in [-0.05, 0) is 24.7 Å². The van der Waals surface area contributed by atoms with Crippen molar-refractivity contribution in [3.63, 3.8) is 0 Å². The van der Waals surface area contributed by atoms with Gasteiger partial charge in [0.1, 0.15) is 0 Å². The van der Waals surface area contributed by atoms with Gasteiger partial charge in [-0.1, -0.05) is 47.5 Å². The summed E-state index contributed by atoms with van der Waals surface area (Å²) in [6.07, 6.45) is 0.734. The molecule has 0 saturated carbocycles. The first-order valence-corrected chi connectivity index (χ1v) is 10.5. The average molecular weight is 426 g/mol. The van der Waals surface area contributed by atoms with Crippen molar-refractivity contribution in [2.75, 3.05) is 33.2 Å². The van der Waals surface area contributed by atoms with E-state index in [4.69, 9.17) is 23.2 Å². The molecule has 3 heterocycles. The number of halogens is 2. The minimum Gasteiger partial charge on any atom is -0.492 e. The fraction of sp³-hybridized carbons (Fsp3) is 0.444. The summed E-state index contributed by atoms with van der Waals surface area (Å²) in [4.78, 5) is 10.7. The summed E-state index contributed by atoms with van der Waals surface area (Å²) in [5, 5.41) is 16.4. The van der Waals surface area contributed by atoms with Crippen LogP contribution in [-0.4, -0.2) is 62.7 Å². The van der Waals surface area contributed by atoms with Gasteiger partial charge in [0.2, 0.25) is 10.8 Å². The third-order valence-electron chi connectivity index (χ3n) is 4.97. The Balaban J connectivity index is 1.80. The molecule has 0 unspecified atom stereocenters. The van der Waals surface area contributed by atoms with Crippen LogP contribution in [0.15, 0.2) is 18.2 Å². The lowest BCUT2D eigenvalue weighted by Crippen LogP contribution is -2.46. The Kier molecular flexibility index (Phi) is 5.31. The number of benzene rings is 1. The fourth-order valence-electron chi connectivity index (χ4n) is 3.41. The molecule has 3 aromatic rings. The molecule has 0 spiro atoms. The van der Waals surface area contributed by atoms with Crippen LogP contribution in [0.4, 0.5) is 0 Å². The third-order valence-corrected chi connectivity index (χ3v) is 6.78. The quantitative estimate of drug-likeness (QED) is 0.690. The van der Waals surface area contributed by atoms with Crippen molar-refractivity contribution < 1.29 is 5.11 Å². The maximum Gasteiger partial charge on any atom is 0.230 e. The number of fused-ring (bicyclic) bond motifs is 1. The van der Waals surface area contributed by atoms with Crippen LogP contribution >= 0.6 is 34.5 Å². The number of rotatable bonds is 4. The zero-order valence-electron chi connectivity index (χ0n) is 15.2. The number of aromatic nitrogens is 3. The number of hydrogen-bond donors (Lipinski definition) is 1. The van der Waals surface area contributed by atoms with E-state index in [1.807, 2.05) is 25.1 Å². The summed E-state index contributed by atoms with van der Waals surface area (Å²) in [6, 6.07) is 5.56. The summed E-state index contributed by atoms with van der Waals surface area (Å²) in [6.45, 7) is 5.74. The number of likely N-dealkylation sites (N-methyl/N-ethyl adjacent to an activating group) is 1. The highest BCUT2D eigenvalue weighted by atomic mass is 35.5. The lowest BCUT2D eigenvalue weighted by molar-refractivity contribution is 0.127. The molecular formula is C18H21Cl2N5OS. The maximum absolute atomic E-state index is 10.9. The molecule has 27 heavy (non-hydrogen) atoms. The van der Waals surface area contributed by atoms with Gasteiger partial charge in [0.05, 0.1) is 21.0 Å². The van der Waals surface area contributed by atoms with Crippen molar-refractivity contribution in [2.24, 2.45) is 0 Å². The maximum atomic E-state index is 10.9. The Morgan fingerprint density at radius 1 is 1.19 bits per heavy atom. The summed E-state index contributed by atoms with van der Waals surface area (Å²) >= 11 is 13.9. The first-order chi connectivity index (χ1) is 13.0. The molecule has 1 aliphatic heterocycles. The molecule has 1 aliphatic rings. The van der Waals surface area contributed by atoms with Crippen LogP contribution in [-0.2, 0) is 6.42 Å². The van der Waals surface area contributed by atoms with E-state index >= 15 is 0 Å². The highest BCUT2D eigenvalue weighted by Crippen LogP contribution is 2.41. The van der Waals surface area contributed by atoms with Crippen LogP contribution in [0.3, 0.4) is 0 Å². The minimum atomic E-state index is -0.118. The molecule has 2 aromatic heterocycles. The van der Waals surface area contributed by atoms with Crippen molar-refractivity contribution in [2.45, 2.75) is 19.4 Å². The number of hydrogen-bond acceptors (Lipinski definition) is 6. The molecule has 0 bridgehead atoms. The number of aromatic hydroxyl groups is 1. The molecule has 0 radical (unpaired) electrons. The van der Waals surface area contributed by atoms with Crippen LogP contribution in [0.25, 0.3) is 4.96 Å². The molecule has 1 aromatic carbocycles. The van der Waals surface area contributed by atoms with Gasteiger partial charge in [0, 0.05) is 32.6 Å². The lowest BCUT2D eigenvalue weighted by Gasteiger charge is -2.37. The van der Waals surface area contributed by atoms with Crippen molar-refractivity contribution >= 4 is 39.5 Å². The van der Waals surface area contributed by atoms with E-state index < -0.39 is 0 Å². The summed E-state index contributed by atoms with van der Waals surface area (Å²) in [5.74, 6) is 0.881. The Morgan fingerprint density at radius 3 is 2.56 bits per heavy atom. The van der Waals surface area contributed by atoms with Gasteiger partial charge in [-0.2, -0.15) is 4.52 Å². The van der Waals surface area contributed by atoms with E-state index in [0.29, 0.717) is 15.0 Å². The largest absolute Gasteiger partial charge is 0.492 e. The number of thiazole rings is 1. The van der Waals surface area contributed by atoms with Gasteiger partial charge < -0.3 is 10.0 Å². The van der Waals surface area contributed by atoms with Gasteiger partial charge in [-0.15, -0.1) is 5.10 Å². The molecule has 9 heteroatoms. The van der Waals surface area contributed by atoms with E-state index in [0.717, 1.165) is 48.9 Å². The van der Waals surface area contributed by atoms with Crippen LogP contribution < -0.4 is 0 Å². The fourth-order valence-corrected chi connectivity index (χ4v) is 4.85. The van der Waals surface area contributed by atoms with Crippen LogP contribution in [0.5, 0.6) is 5.88 Å². The smallest absolute Gasteiger partial charge is 0.230 e. The molecular weight excluding hydrogens is 405 g/mol. The predicted octanol–water partition coefficient (Wildman–Crippen LogP) is 3.70. The molecule has 1 saturated heterocycles. The van der Waals surface area contributed by atoms with Gasteiger partial charge in [-0.3, -0.25) is 4.90 Å². The van der Waals surface area contributed by atoms with Crippen LogP contribution in [0, 0.1) is 0 Å². The molecule has 1 atom stereocenters. The molecule has 1 N–H and O–H groups in total. The standard InChI is InChI=1S/C18H21Cl2N5OS/c1-3-14-21-18-25(22-14)17(26)16(27-18)15(24-8-6-23(2)7-9-24)11-4-5-12(19)13(20)10-11/h4-5,10,15,26H,3,6-9H2,1-2H3/t15-/m1/s1. The van der Waals surface area contributed by atoms with E-state index in [1.54, 1.807) is 4.52 Å². The van der Waals surface area contributed by atoms with Gasteiger partial charge >= 0.3 is 0 Å². The summed E-state index contributed by atoms with van der Waals surface area (Å²) in [7, 11) is 2.12. The second-order valence-electron chi connectivity index (χ2n) is 6.78. The van der Waals surface area contributed by atoms with E-state index in [-0.39, 0.29) is 11.9 Å². The first-order valence-electron chi connectivity index (χ1n) is 8.92. The van der Waals surface area contributed by atoms with Crippen molar-refractivity contribution in [1.29, 1.82) is 0 Å². The Bertz CT molecular complexity index is 964. The zero-order valence-corrected chi connectivity index (χ0v) is 17.5. The Labute approximate surface area is 171 Å². The van der Waals surface area contributed by atoms with Gasteiger partial charge in [-0.25, -0.2) is 4.98 Å². The monoisotopic (exact) mass is 425 g/mol. The van der Waals surface area contributed by atoms with E-state index in [1.165, 1.54) is 11.3 Å². The van der Waals surface area contributed by atoms with Crippen molar-refractivity contribution in [3.8, 4) is 5.88 Å². The Morgan fingerprint density at radius 2 is 1.93 bits per heavy atom. The minimum absolute atomic E-state index is 0.118. The molecule has 1 fully saturated rings. The van der Waals surface area contributed by atoms with Crippen molar-refractivity contribution in [1.82, 2.24) is 24.4 Å². The average Bonchev–Trinajstić information content (AvgIpc) is 3.19. The predicted molar refractivity (Wildman–Crippen MR) is 109 cm³/mol. The van der Waals surface area contributed by atoms with Gasteiger partial charge in [0.25, 0.3) is 0 Å².